The molecule has 0 spiro atoms. The lowest BCUT2D eigenvalue weighted by molar-refractivity contribution is -0.138. The minimum atomic E-state index is -0.969. The molecule has 6 nitrogen and oxygen atoms in total. The SMILES string of the molecule is CCOC(=S)SC(CC(C#N)OC(=O)c1ccccc1)C(OCC)OCC. The molecule has 0 aliphatic heterocycles. The van der Waals surface area contributed by atoms with Crippen molar-refractivity contribution in [3.63, 3.8) is 0 Å². The third-order valence-corrected chi connectivity index (χ3v) is 4.76. The lowest BCUT2D eigenvalue weighted by atomic mass is 10.2. The van der Waals surface area contributed by atoms with Gasteiger partial charge in [-0.05, 0) is 45.1 Å². The van der Waals surface area contributed by atoms with E-state index in [2.05, 4.69) is 0 Å². The minimum Gasteiger partial charge on any atom is -0.479 e. The maximum Gasteiger partial charge on any atom is 0.339 e. The summed E-state index contributed by atoms with van der Waals surface area (Å²) in [5, 5.41) is 9.10. The number of thioether (sulfide) groups is 1. The van der Waals surface area contributed by atoms with Crippen molar-refractivity contribution in [2.75, 3.05) is 19.8 Å². The molecule has 0 fully saturated rings. The Hall–Kier alpha value is -1.66. The number of ether oxygens (including phenoxy) is 4. The van der Waals surface area contributed by atoms with E-state index in [1.54, 1.807) is 30.3 Å². The van der Waals surface area contributed by atoms with Crippen molar-refractivity contribution >= 4 is 34.3 Å². The van der Waals surface area contributed by atoms with Crippen LogP contribution in [0.4, 0.5) is 0 Å². The summed E-state index contributed by atoms with van der Waals surface area (Å²) >= 11 is 6.45. The van der Waals surface area contributed by atoms with Gasteiger partial charge in [-0.2, -0.15) is 5.26 Å². The summed E-state index contributed by atoms with van der Waals surface area (Å²) in [6, 6.07) is 10.6. The van der Waals surface area contributed by atoms with Gasteiger partial charge < -0.3 is 18.9 Å². The van der Waals surface area contributed by atoms with Crippen LogP contribution in [-0.4, -0.2) is 47.8 Å². The fraction of sp³-hybridized carbons (Fsp3) is 0.526. The number of thiocarbonyl (C=S) groups is 1. The standard InChI is InChI=1S/C19H25NO5S2/c1-4-22-18(23-5-2)16(27-19(26)24-6-3)12-15(13-20)25-17(21)14-10-8-7-9-11-14/h7-11,15-16,18H,4-6,12H2,1-3H3. The first-order valence-electron chi connectivity index (χ1n) is 8.77. The Morgan fingerprint density at radius 3 is 2.30 bits per heavy atom. The largest absolute Gasteiger partial charge is 0.479 e. The average molecular weight is 412 g/mol. The first-order valence-corrected chi connectivity index (χ1v) is 10.1. The normalized spacial score (nSPS) is 12.9. The van der Waals surface area contributed by atoms with Gasteiger partial charge in [0.1, 0.15) is 6.07 Å². The van der Waals surface area contributed by atoms with E-state index < -0.39 is 18.4 Å². The Balaban J connectivity index is 2.86. The van der Waals surface area contributed by atoms with Gasteiger partial charge in [-0.15, -0.1) is 0 Å². The zero-order valence-corrected chi connectivity index (χ0v) is 17.4. The Bertz CT molecular complexity index is 614. The van der Waals surface area contributed by atoms with E-state index in [1.165, 1.54) is 11.8 Å². The number of rotatable bonds is 11. The maximum atomic E-state index is 12.2. The molecule has 2 unspecified atom stereocenters. The topological polar surface area (TPSA) is 77.8 Å². The number of carbonyl (C=O) groups excluding carboxylic acids is 1. The van der Waals surface area contributed by atoms with Crippen molar-refractivity contribution in [3.8, 4) is 6.07 Å². The van der Waals surface area contributed by atoms with Crippen LogP contribution in [0.3, 0.4) is 0 Å². The fourth-order valence-corrected chi connectivity index (χ4v) is 3.65. The van der Waals surface area contributed by atoms with Crippen molar-refractivity contribution in [3.05, 3.63) is 35.9 Å². The smallest absolute Gasteiger partial charge is 0.339 e. The van der Waals surface area contributed by atoms with Gasteiger partial charge >= 0.3 is 5.97 Å². The van der Waals surface area contributed by atoms with Gasteiger partial charge in [-0.3, -0.25) is 0 Å². The first kappa shape index (κ1) is 23.4. The summed E-state index contributed by atoms with van der Waals surface area (Å²) in [5.74, 6) is -0.553. The van der Waals surface area contributed by atoms with E-state index in [9.17, 15) is 10.1 Å². The van der Waals surface area contributed by atoms with Gasteiger partial charge in [-0.1, -0.05) is 30.0 Å². The van der Waals surface area contributed by atoms with Gasteiger partial charge in [0, 0.05) is 19.6 Å². The van der Waals surface area contributed by atoms with Gasteiger partial charge in [-0.25, -0.2) is 4.79 Å². The van der Waals surface area contributed by atoms with E-state index in [0.29, 0.717) is 29.8 Å². The average Bonchev–Trinajstić information content (AvgIpc) is 2.67. The van der Waals surface area contributed by atoms with Crippen LogP contribution in [0, 0.1) is 11.3 Å². The van der Waals surface area contributed by atoms with Crippen LogP contribution >= 0.6 is 24.0 Å². The zero-order valence-electron chi connectivity index (χ0n) is 15.8. The number of nitrogens with zero attached hydrogens (tertiary/aromatic N) is 1. The summed E-state index contributed by atoms with van der Waals surface area (Å²) in [6.45, 7) is 6.85. The Kier molecular flexibility index (Phi) is 11.7. The number of hydrogen-bond donors (Lipinski definition) is 0. The molecule has 1 aromatic rings. The molecule has 0 radical (unpaired) electrons. The highest BCUT2D eigenvalue weighted by Crippen LogP contribution is 2.26. The highest BCUT2D eigenvalue weighted by atomic mass is 32.2. The van der Waals surface area contributed by atoms with E-state index in [4.69, 9.17) is 31.2 Å². The molecule has 0 aliphatic rings. The van der Waals surface area contributed by atoms with Crippen LogP contribution in [0.2, 0.25) is 0 Å². The summed E-state index contributed by atoms with van der Waals surface area (Å²) in [5.41, 5.74) is 0.387. The minimum absolute atomic E-state index is 0.192. The number of nitriles is 1. The second-order valence-electron chi connectivity index (χ2n) is 5.24. The molecule has 27 heavy (non-hydrogen) atoms. The molecule has 0 heterocycles. The number of benzene rings is 1. The molecule has 8 heteroatoms. The van der Waals surface area contributed by atoms with Crippen LogP contribution in [0.1, 0.15) is 37.6 Å². The highest BCUT2D eigenvalue weighted by Gasteiger charge is 2.30. The van der Waals surface area contributed by atoms with Crippen LogP contribution in [0.25, 0.3) is 0 Å². The maximum absolute atomic E-state index is 12.2. The van der Waals surface area contributed by atoms with E-state index in [1.807, 2.05) is 26.8 Å². The molecule has 0 aliphatic carbocycles. The number of carbonyl (C=O) groups is 1. The summed E-state index contributed by atoms with van der Waals surface area (Å²) in [4.78, 5) is 12.2. The quantitative estimate of drug-likeness (QED) is 0.308. The third-order valence-electron chi connectivity index (χ3n) is 3.32. The molecule has 0 saturated heterocycles. The third kappa shape index (κ3) is 8.71. The molecule has 0 saturated carbocycles. The predicted molar refractivity (Wildman–Crippen MR) is 109 cm³/mol. The Labute approximate surface area is 170 Å². The van der Waals surface area contributed by atoms with Crippen LogP contribution < -0.4 is 0 Å². The van der Waals surface area contributed by atoms with Crippen molar-refractivity contribution in [1.29, 1.82) is 5.26 Å². The van der Waals surface area contributed by atoms with Crippen molar-refractivity contribution in [2.45, 2.75) is 44.8 Å². The summed E-state index contributed by atoms with van der Waals surface area (Å²) < 4.78 is 22.3. The van der Waals surface area contributed by atoms with Gasteiger partial charge in [0.2, 0.25) is 4.38 Å². The molecule has 0 bridgehead atoms. The predicted octanol–water partition coefficient (Wildman–Crippen LogP) is 3.95. The number of esters is 1. The summed E-state index contributed by atoms with van der Waals surface area (Å²) in [7, 11) is 0. The highest BCUT2D eigenvalue weighted by molar-refractivity contribution is 8.23. The molecular formula is C19H25NO5S2. The summed E-state index contributed by atoms with van der Waals surface area (Å²) in [6.07, 6.45) is -1.38. The molecule has 2 atom stereocenters. The molecule has 148 valence electrons. The molecule has 1 rings (SSSR count). The van der Waals surface area contributed by atoms with Crippen molar-refractivity contribution < 1.29 is 23.7 Å². The van der Waals surface area contributed by atoms with E-state index in [-0.39, 0.29) is 11.7 Å². The fourth-order valence-electron chi connectivity index (χ4n) is 2.19. The van der Waals surface area contributed by atoms with Crippen molar-refractivity contribution in [2.24, 2.45) is 0 Å². The lowest BCUT2D eigenvalue weighted by Gasteiger charge is -2.27. The first-order chi connectivity index (χ1) is 13.0. The molecular weight excluding hydrogens is 386 g/mol. The monoisotopic (exact) mass is 411 g/mol. The van der Waals surface area contributed by atoms with Crippen LogP contribution in [0.5, 0.6) is 0 Å². The van der Waals surface area contributed by atoms with Crippen molar-refractivity contribution in [1.82, 2.24) is 0 Å². The molecule has 0 aromatic heterocycles. The van der Waals surface area contributed by atoms with Crippen LogP contribution in [0.15, 0.2) is 30.3 Å². The van der Waals surface area contributed by atoms with Gasteiger partial charge in [0.25, 0.3) is 0 Å². The second-order valence-corrected chi connectivity index (χ2v) is 7.08. The lowest BCUT2D eigenvalue weighted by Crippen LogP contribution is -2.34. The zero-order chi connectivity index (χ0) is 20.1. The van der Waals surface area contributed by atoms with E-state index in [0.717, 1.165) is 0 Å². The molecule has 0 amide bonds. The van der Waals surface area contributed by atoms with Gasteiger partial charge in [0.05, 0.1) is 17.4 Å². The molecule has 0 N–H and O–H groups in total. The van der Waals surface area contributed by atoms with Crippen LogP contribution in [-0.2, 0) is 18.9 Å². The van der Waals surface area contributed by atoms with E-state index >= 15 is 0 Å². The second kappa shape index (κ2) is 13.5. The Morgan fingerprint density at radius 2 is 1.78 bits per heavy atom. The number of hydrogen-bond acceptors (Lipinski definition) is 8. The molecule has 1 aromatic carbocycles. The Morgan fingerprint density at radius 1 is 1.15 bits per heavy atom. The van der Waals surface area contributed by atoms with Gasteiger partial charge in [0.15, 0.2) is 12.4 Å².